The lowest BCUT2D eigenvalue weighted by Gasteiger charge is -2.36. The molecule has 154 valence electrons. The summed E-state index contributed by atoms with van der Waals surface area (Å²) >= 11 is 0. The van der Waals surface area contributed by atoms with Crippen LogP contribution in [0.2, 0.25) is 0 Å². The predicted octanol–water partition coefficient (Wildman–Crippen LogP) is 3.29. The number of amides is 2. The van der Waals surface area contributed by atoms with Crippen LogP contribution in [0.25, 0.3) is 0 Å². The number of hydrogen-bond acceptors (Lipinski definition) is 3. The molecule has 0 spiro atoms. The summed E-state index contributed by atoms with van der Waals surface area (Å²) in [5.41, 5.74) is 4.65. The lowest BCUT2D eigenvalue weighted by molar-refractivity contribution is -0.133. The molecule has 1 aliphatic rings. The summed E-state index contributed by atoms with van der Waals surface area (Å²) in [6.07, 6.45) is 1.13. The van der Waals surface area contributed by atoms with Crippen molar-refractivity contribution in [3.63, 3.8) is 0 Å². The van der Waals surface area contributed by atoms with Gasteiger partial charge in [-0.15, -0.1) is 0 Å². The van der Waals surface area contributed by atoms with Gasteiger partial charge >= 0.3 is 0 Å². The number of nitrogens with one attached hydrogen (secondary N) is 1. The van der Waals surface area contributed by atoms with E-state index >= 15 is 0 Å². The number of carbonyl (C=O) groups excluding carboxylic acids is 2. The van der Waals surface area contributed by atoms with Crippen molar-refractivity contribution in [1.82, 2.24) is 15.1 Å². The maximum absolute atomic E-state index is 12.7. The van der Waals surface area contributed by atoms with E-state index in [2.05, 4.69) is 42.4 Å². The molecule has 5 heteroatoms. The molecule has 1 aliphatic heterocycles. The van der Waals surface area contributed by atoms with E-state index in [0.717, 1.165) is 30.6 Å². The molecule has 29 heavy (non-hydrogen) atoms. The van der Waals surface area contributed by atoms with Gasteiger partial charge in [0.05, 0.1) is 12.5 Å². The molecule has 5 nitrogen and oxygen atoms in total. The molecule has 1 atom stereocenters. The second-order valence-corrected chi connectivity index (χ2v) is 7.81. The normalized spacial score (nSPS) is 15.9. The smallest absolute Gasteiger partial charge is 0.222 e. The number of fused-ring (bicyclic) bond motifs is 1. The Labute approximate surface area is 173 Å². The van der Waals surface area contributed by atoms with Crippen molar-refractivity contribution in [2.75, 3.05) is 20.1 Å². The highest BCUT2D eigenvalue weighted by Crippen LogP contribution is 2.32. The van der Waals surface area contributed by atoms with Crippen molar-refractivity contribution in [3.8, 4) is 0 Å². The van der Waals surface area contributed by atoms with Crippen LogP contribution in [0.5, 0.6) is 0 Å². The minimum Gasteiger partial charge on any atom is -0.352 e. The first-order chi connectivity index (χ1) is 14.0. The largest absolute Gasteiger partial charge is 0.352 e. The molecule has 0 saturated heterocycles. The maximum Gasteiger partial charge on any atom is 0.222 e. The number of rotatable bonds is 7. The van der Waals surface area contributed by atoms with Crippen LogP contribution in [0.4, 0.5) is 0 Å². The first-order valence-electron chi connectivity index (χ1n) is 10.4. The molecule has 1 unspecified atom stereocenters. The summed E-state index contributed by atoms with van der Waals surface area (Å²) in [4.78, 5) is 28.9. The second-order valence-electron chi connectivity index (χ2n) is 7.81. The molecule has 0 fully saturated rings. The van der Waals surface area contributed by atoms with Gasteiger partial charge in [-0.1, -0.05) is 55.5 Å². The summed E-state index contributed by atoms with van der Waals surface area (Å²) in [6.45, 7) is 6.77. The topological polar surface area (TPSA) is 52.7 Å². The van der Waals surface area contributed by atoms with Gasteiger partial charge in [-0.2, -0.15) is 0 Å². The Morgan fingerprint density at radius 2 is 1.90 bits per heavy atom. The number of nitrogens with zero attached hydrogens (tertiary/aromatic N) is 2. The molecule has 0 radical (unpaired) electrons. The summed E-state index contributed by atoms with van der Waals surface area (Å²) in [7, 11) is 2.09. The average molecular weight is 394 g/mol. The molecule has 1 heterocycles. The van der Waals surface area contributed by atoms with Crippen LogP contribution in [0.1, 0.15) is 48.6 Å². The quantitative estimate of drug-likeness (QED) is 0.785. The van der Waals surface area contributed by atoms with Gasteiger partial charge in [0.1, 0.15) is 0 Å². The zero-order valence-electron chi connectivity index (χ0n) is 17.6. The van der Waals surface area contributed by atoms with Crippen molar-refractivity contribution in [2.45, 2.75) is 45.8 Å². The van der Waals surface area contributed by atoms with Crippen molar-refractivity contribution in [3.05, 3.63) is 70.8 Å². The van der Waals surface area contributed by atoms with Crippen LogP contribution >= 0.6 is 0 Å². The maximum atomic E-state index is 12.7. The van der Waals surface area contributed by atoms with Crippen LogP contribution in [-0.2, 0) is 29.1 Å². The summed E-state index contributed by atoms with van der Waals surface area (Å²) < 4.78 is 0. The zero-order chi connectivity index (χ0) is 20.8. The Bertz CT molecular complexity index is 865. The van der Waals surface area contributed by atoms with E-state index in [9.17, 15) is 9.59 Å². The lowest BCUT2D eigenvalue weighted by Crippen LogP contribution is -2.41. The van der Waals surface area contributed by atoms with E-state index in [4.69, 9.17) is 0 Å². The van der Waals surface area contributed by atoms with Crippen LogP contribution < -0.4 is 5.32 Å². The fourth-order valence-corrected chi connectivity index (χ4v) is 3.96. The average Bonchev–Trinajstić information content (AvgIpc) is 2.72. The predicted molar refractivity (Wildman–Crippen MR) is 115 cm³/mol. The van der Waals surface area contributed by atoms with Crippen molar-refractivity contribution >= 4 is 11.8 Å². The molecule has 2 amide bonds. The molecule has 3 rings (SSSR count). The van der Waals surface area contributed by atoms with E-state index in [0.29, 0.717) is 13.1 Å². The van der Waals surface area contributed by atoms with Crippen molar-refractivity contribution in [1.29, 1.82) is 0 Å². The molecule has 0 aliphatic carbocycles. The summed E-state index contributed by atoms with van der Waals surface area (Å²) in [6, 6.07) is 16.3. The molecular weight excluding hydrogens is 362 g/mol. The molecular formula is C24H31N3O2. The second kappa shape index (κ2) is 9.70. The van der Waals surface area contributed by atoms with Gasteiger partial charge < -0.3 is 15.1 Å². The fraction of sp³-hybridized carbons (Fsp3) is 0.417. The highest BCUT2D eigenvalue weighted by molar-refractivity contribution is 5.79. The van der Waals surface area contributed by atoms with Gasteiger partial charge in [-0.25, -0.2) is 0 Å². The van der Waals surface area contributed by atoms with Gasteiger partial charge in [0.15, 0.2) is 0 Å². The summed E-state index contributed by atoms with van der Waals surface area (Å²) in [5.74, 6) is -0.0147. The van der Waals surface area contributed by atoms with E-state index in [-0.39, 0.29) is 24.3 Å². The van der Waals surface area contributed by atoms with Gasteiger partial charge in [0, 0.05) is 26.6 Å². The SMILES string of the molecule is CCN(C)Cc1cccc(CNC(=O)CC2c3ccccc3CCN2C(C)=O)c1. The molecule has 1 N–H and O–H groups in total. The monoisotopic (exact) mass is 393 g/mol. The Morgan fingerprint density at radius 3 is 2.66 bits per heavy atom. The van der Waals surface area contributed by atoms with Gasteiger partial charge in [-0.3, -0.25) is 9.59 Å². The summed E-state index contributed by atoms with van der Waals surface area (Å²) in [5, 5.41) is 3.04. The third-order valence-corrected chi connectivity index (χ3v) is 5.67. The molecule has 0 bridgehead atoms. The Kier molecular flexibility index (Phi) is 7.04. The third kappa shape index (κ3) is 5.45. The standard InChI is InChI=1S/C24H31N3O2/c1-4-26(3)17-20-9-7-8-19(14-20)16-25-24(29)15-23-22-11-6-5-10-21(22)12-13-27(23)18(2)28/h5-11,14,23H,4,12-13,15-17H2,1-3H3,(H,25,29). The van der Waals surface area contributed by atoms with Crippen molar-refractivity contribution < 1.29 is 9.59 Å². The zero-order valence-corrected chi connectivity index (χ0v) is 17.6. The van der Waals surface area contributed by atoms with E-state index in [1.165, 1.54) is 11.1 Å². The first kappa shape index (κ1) is 21.1. The van der Waals surface area contributed by atoms with Crippen LogP contribution in [0, 0.1) is 0 Å². The Balaban J connectivity index is 1.64. The van der Waals surface area contributed by atoms with Gasteiger partial charge in [-0.05, 0) is 42.3 Å². The molecule has 0 aromatic heterocycles. The first-order valence-corrected chi connectivity index (χ1v) is 10.4. The minimum atomic E-state index is -0.193. The third-order valence-electron chi connectivity index (χ3n) is 5.67. The van der Waals surface area contributed by atoms with Crippen LogP contribution in [0.3, 0.4) is 0 Å². The van der Waals surface area contributed by atoms with E-state index in [1.54, 1.807) is 6.92 Å². The van der Waals surface area contributed by atoms with E-state index < -0.39 is 0 Å². The van der Waals surface area contributed by atoms with E-state index in [1.807, 2.05) is 35.2 Å². The molecule has 2 aromatic rings. The molecule has 0 saturated carbocycles. The highest BCUT2D eigenvalue weighted by atomic mass is 16.2. The lowest BCUT2D eigenvalue weighted by atomic mass is 9.90. The van der Waals surface area contributed by atoms with Gasteiger partial charge in [0.25, 0.3) is 0 Å². The fourth-order valence-electron chi connectivity index (χ4n) is 3.96. The molecule has 2 aromatic carbocycles. The minimum absolute atomic E-state index is 0.0186. The number of carbonyl (C=O) groups is 2. The van der Waals surface area contributed by atoms with Gasteiger partial charge in [0.2, 0.25) is 11.8 Å². The number of hydrogen-bond donors (Lipinski definition) is 1. The number of benzene rings is 2. The Morgan fingerprint density at radius 1 is 1.14 bits per heavy atom. The van der Waals surface area contributed by atoms with Crippen LogP contribution in [0.15, 0.2) is 48.5 Å². The van der Waals surface area contributed by atoms with Crippen LogP contribution in [-0.4, -0.2) is 41.8 Å². The highest BCUT2D eigenvalue weighted by Gasteiger charge is 2.30. The Hall–Kier alpha value is -2.66. The van der Waals surface area contributed by atoms with Crippen molar-refractivity contribution in [2.24, 2.45) is 0 Å².